The molecule has 2 aliphatic heterocycles. The summed E-state index contributed by atoms with van der Waals surface area (Å²) >= 11 is 0. The number of aromatic amines is 1. The number of ether oxygens (including phenoxy) is 1. The number of H-pyrrole nitrogens is 1. The van der Waals surface area contributed by atoms with Crippen LogP contribution in [0.2, 0.25) is 0 Å². The number of rotatable bonds is 2. The van der Waals surface area contributed by atoms with Gasteiger partial charge in [0.25, 0.3) is 5.91 Å². The van der Waals surface area contributed by atoms with E-state index in [9.17, 15) is 4.79 Å². The van der Waals surface area contributed by atoms with Crippen molar-refractivity contribution in [2.45, 2.75) is 31.7 Å². The lowest BCUT2D eigenvalue weighted by molar-refractivity contribution is 0.0727. The summed E-state index contributed by atoms with van der Waals surface area (Å²) < 4.78 is 11.5. The van der Waals surface area contributed by atoms with Crippen molar-refractivity contribution in [1.29, 1.82) is 0 Å². The van der Waals surface area contributed by atoms with Crippen LogP contribution in [0, 0.1) is 0 Å². The van der Waals surface area contributed by atoms with E-state index in [0.29, 0.717) is 24.6 Å². The van der Waals surface area contributed by atoms with E-state index >= 15 is 0 Å². The molecule has 3 aromatic rings. The fraction of sp³-hybridized carbons (Fsp3) is 0.400. The summed E-state index contributed by atoms with van der Waals surface area (Å²) in [5.74, 6) is 2.14. The van der Waals surface area contributed by atoms with E-state index in [4.69, 9.17) is 14.1 Å². The number of amides is 1. The van der Waals surface area contributed by atoms with Gasteiger partial charge in [0.05, 0.1) is 17.6 Å². The monoisotopic (exact) mass is 351 g/mol. The first-order valence-corrected chi connectivity index (χ1v) is 9.21. The first-order chi connectivity index (χ1) is 12.8. The Morgan fingerprint density at radius 3 is 3.00 bits per heavy atom. The molecule has 0 spiro atoms. The van der Waals surface area contributed by atoms with E-state index in [1.54, 1.807) is 0 Å². The van der Waals surface area contributed by atoms with Crippen LogP contribution in [0.25, 0.3) is 10.9 Å². The number of oxazole rings is 1. The zero-order chi connectivity index (χ0) is 17.5. The van der Waals surface area contributed by atoms with Gasteiger partial charge in [0.15, 0.2) is 5.89 Å². The van der Waals surface area contributed by atoms with Crippen molar-refractivity contribution >= 4 is 16.8 Å². The van der Waals surface area contributed by atoms with Crippen LogP contribution in [0.4, 0.5) is 0 Å². The smallest absolute Gasteiger partial charge is 0.256 e. The molecule has 6 heteroatoms. The van der Waals surface area contributed by atoms with Gasteiger partial charge in [-0.3, -0.25) is 4.79 Å². The molecule has 5 rings (SSSR count). The van der Waals surface area contributed by atoms with Crippen molar-refractivity contribution in [2.24, 2.45) is 0 Å². The zero-order valence-corrected chi connectivity index (χ0v) is 14.5. The Kier molecular flexibility index (Phi) is 3.78. The Bertz CT molecular complexity index is 952. The number of nitrogens with one attached hydrogen (secondary N) is 1. The van der Waals surface area contributed by atoms with Gasteiger partial charge in [-0.15, -0.1) is 0 Å². The first-order valence-electron chi connectivity index (χ1n) is 9.21. The molecule has 134 valence electrons. The standard InChI is InChI=1S/C20H21N3O3/c24-20(15-3-1-2-13-4-8-21-18(13)15)23-9-5-17-16(12-23)22-19(26-17)14-6-10-25-11-7-14/h1-4,8,14,21H,5-7,9-12H2. The number of para-hydroxylation sites is 1. The molecule has 2 aliphatic rings. The molecule has 0 aliphatic carbocycles. The fourth-order valence-electron chi connectivity index (χ4n) is 3.94. The van der Waals surface area contributed by atoms with Crippen LogP contribution < -0.4 is 0 Å². The molecule has 1 N–H and O–H groups in total. The van der Waals surface area contributed by atoms with Gasteiger partial charge in [-0.25, -0.2) is 4.98 Å². The van der Waals surface area contributed by atoms with Crippen LogP contribution in [0.5, 0.6) is 0 Å². The summed E-state index contributed by atoms with van der Waals surface area (Å²) in [6, 6.07) is 7.80. The molecule has 1 aromatic carbocycles. The predicted octanol–water partition coefficient (Wildman–Crippen LogP) is 3.25. The average molecular weight is 351 g/mol. The highest BCUT2D eigenvalue weighted by molar-refractivity contribution is 6.05. The normalized spacial score (nSPS) is 18.2. The Labute approximate surface area is 151 Å². The molecule has 0 radical (unpaired) electrons. The molecule has 1 amide bonds. The predicted molar refractivity (Wildman–Crippen MR) is 96.0 cm³/mol. The molecule has 1 saturated heterocycles. The van der Waals surface area contributed by atoms with E-state index in [1.807, 2.05) is 35.4 Å². The van der Waals surface area contributed by atoms with Crippen LogP contribution in [0.15, 0.2) is 34.9 Å². The minimum absolute atomic E-state index is 0.0410. The maximum Gasteiger partial charge on any atom is 0.256 e. The van der Waals surface area contributed by atoms with Crippen LogP contribution in [0.3, 0.4) is 0 Å². The highest BCUT2D eigenvalue weighted by atomic mass is 16.5. The van der Waals surface area contributed by atoms with Gasteiger partial charge >= 0.3 is 0 Å². The third-order valence-corrected chi connectivity index (χ3v) is 5.42. The first kappa shape index (κ1) is 15.6. The van der Waals surface area contributed by atoms with E-state index in [-0.39, 0.29) is 5.91 Å². The van der Waals surface area contributed by atoms with E-state index in [1.165, 1.54) is 0 Å². The van der Waals surface area contributed by atoms with Gasteiger partial charge < -0.3 is 19.0 Å². The average Bonchev–Trinajstić information content (AvgIpc) is 3.34. The number of aromatic nitrogens is 2. The number of carbonyl (C=O) groups excluding carboxylic acids is 1. The third kappa shape index (κ3) is 2.61. The lowest BCUT2D eigenvalue weighted by atomic mass is 10.0. The number of nitrogens with zero attached hydrogens (tertiary/aromatic N) is 2. The van der Waals surface area contributed by atoms with E-state index in [2.05, 4.69) is 4.98 Å². The highest BCUT2D eigenvalue weighted by Crippen LogP contribution is 2.30. The maximum atomic E-state index is 13.1. The van der Waals surface area contributed by atoms with Gasteiger partial charge in [0.1, 0.15) is 11.5 Å². The largest absolute Gasteiger partial charge is 0.445 e. The van der Waals surface area contributed by atoms with Crippen molar-refractivity contribution in [2.75, 3.05) is 19.8 Å². The zero-order valence-electron chi connectivity index (χ0n) is 14.5. The molecule has 26 heavy (non-hydrogen) atoms. The second kappa shape index (κ2) is 6.29. The number of hydrogen-bond acceptors (Lipinski definition) is 4. The second-order valence-electron chi connectivity index (χ2n) is 7.03. The summed E-state index contributed by atoms with van der Waals surface area (Å²) in [5, 5.41) is 1.05. The fourth-order valence-corrected chi connectivity index (χ4v) is 3.94. The number of fused-ring (bicyclic) bond motifs is 2. The van der Waals surface area contributed by atoms with Crippen LogP contribution >= 0.6 is 0 Å². The molecule has 0 unspecified atom stereocenters. The summed E-state index contributed by atoms with van der Waals surface area (Å²) in [4.78, 5) is 22.8. The maximum absolute atomic E-state index is 13.1. The van der Waals surface area contributed by atoms with Crippen molar-refractivity contribution in [3.63, 3.8) is 0 Å². The number of hydrogen-bond donors (Lipinski definition) is 1. The van der Waals surface area contributed by atoms with Gasteiger partial charge in [0, 0.05) is 43.7 Å². The molecule has 2 aromatic heterocycles. The van der Waals surface area contributed by atoms with Crippen molar-refractivity contribution in [3.8, 4) is 0 Å². The number of carbonyl (C=O) groups is 1. The minimum atomic E-state index is 0.0410. The summed E-state index contributed by atoms with van der Waals surface area (Å²) in [5.41, 5.74) is 2.51. The number of benzene rings is 1. The Morgan fingerprint density at radius 2 is 2.12 bits per heavy atom. The van der Waals surface area contributed by atoms with Gasteiger partial charge in [0.2, 0.25) is 0 Å². The van der Waals surface area contributed by atoms with Gasteiger partial charge in [-0.1, -0.05) is 12.1 Å². The lowest BCUT2D eigenvalue weighted by Gasteiger charge is -2.25. The Balaban J connectivity index is 1.39. The van der Waals surface area contributed by atoms with Crippen LogP contribution in [0.1, 0.15) is 46.5 Å². The molecule has 0 bridgehead atoms. The minimum Gasteiger partial charge on any atom is -0.445 e. The molecule has 0 saturated carbocycles. The van der Waals surface area contributed by atoms with E-state index < -0.39 is 0 Å². The molecule has 0 atom stereocenters. The van der Waals surface area contributed by atoms with Crippen LogP contribution in [-0.4, -0.2) is 40.5 Å². The van der Waals surface area contributed by atoms with Crippen LogP contribution in [-0.2, 0) is 17.7 Å². The highest BCUT2D eigenvalue weighted by Gasteiger charge is 2.29. The lowest BCUT2D eigenvalue weighted by Crippen LogP contribution is -2.35. The SMILES string of the molecule is O=C(c1cccc2cc[nH]c12)N1CCc2oc(C3CCOCC3)nc2C1. The molecular weight excluding hydrogens is 330 g/mol. The van der Waals surface area contributed by atoms with Crippen molar-refractivity contribution in [1.82, 2.24) is 14.9 Å². The molecular formula is C20H21N3O3. The van der Waals surface area contributed by atoms with Gasteiger partial charge in [-0.05, 0) is 25.0 Å². The molecule has 1 fully saturated rings. The second-order valence-corrected chi connectivity index (χ2v) is 7.03. The van der Waals surface area contributed by atoms with Gasteiger partial charge in [-0.2, -0.15) is 0 Å². The summed E-state index contributed by atoms with van der Waals surface area (Å²) in [7, 11) is 0. The topological polar surface area (TPSA) is 71.4 Å². The Morgan fingerprint density at radius 1 is 1.23 bits per heavy atom. The van der Waals surface area contributed by atoms with E-state index in [0.717, 1.165) is 60.7 Å². The van der Waals surface area contributed by atoms with Crippen molar-refractivity contribution < 1.29 is 13.9 Å². The summed E-state index contributed by atoms with van der Waals surface area (Å²) in [6.45, 7) is 2.70. The quantitative estimate of drug-likeness (QED) is 0.769. The van der Waals surface area contributed by atoms with Crippen molar-refractivity contribution in [3.05, 3.63) is 53.4 Å². The summed E-state index contributed by atoms with van der Waals surface area (Å²) in [6.07, 6.45) is 4.50. The Hall–Kier alpha value is -2.60. The third-order valence-electron chi connectivity index (χ3n) is 5.42. The molecule has 6 nitrogen and oxygen atoms in total. The molecule has 4 heterocycles.